The standard InChI is InChI=1S/C21H12F5N5O/c1-11-19(31-10-13(22)8-16(23)20(31)28-11)17-6-12(9-27)7-18(30-17)29-14-2-4-15(5-3-14)32-21(24,25)26/h2-8,10H,1H3,(H,29,30). The Morgan fingerprint density at radius 3 is 2.44 bits per heavy atom. The molecule has 0 aliphatic carbocycles. The lowest BCUT2D eigenvalue weighted by Crippen LogP contribution is -2.16. The van der Waals surface area contributed by atoms with E-state index in [1.165, 1.54) is 28.7 Å². The Balaban J connectivity index is 1.73. The van der Waals surface area contributed by atoms with Gasteiger partial charge in [-0.05, 0) is 43.3 Å². The van der Waals surface area contributed by atoms with Crippen molar-refractivity contribution < 1.29 is 26.7 Å². The number of nitriles is 1. The molecular weight excluding hydrogens is 433 g/mol. The van der Waals surface area contributed by atoms with Gasteiger partial charge in [-0.3, -0.25) is 4.40 Å². The number of fused-ring (bicyclic) bond motifs is 1. The first-order valence-corrected chi connectivity index (χ1v) is 9.02. The molecule has 0 fully saturated rings. The predicted molar refractivity (Wildman–Crippen MR) is 104 cm³/mol. The maximum Gasteiger partial charge on any atom is 0.573 e. The Morgan fingerprint density at radius 1 is 1.06 bits per heavy atom. The number of nitrogens with one attached hydrogen (secondary N) is 1. The highest BCUT2D eigenvalue weighted by molar-refractivity contribution is 5.69. The van der Waals surface area contributed by atoms with Crippen molar-refractivity contribution in [1.82, 2.24) is 14.4 Å². The normalized spacial score (nSPS) is 11.4. The molecule has 0 aliphatic heterocycles. The van der Waals surface area contributed by atoms with Gasteiger partial charge in [0.05, 0.1) is 28.7 Å². The minimum atomic E-state index is -4.81. The lowest BCUT2D eigenvalue weighted by Gasteiger charge is -2.11. The molecule has 0 amide bonds. The maximum absolute atomic E-state index is 14.1. The Kier molecular flexibility index (Phi) is 5.14. The first-order chi connectivity index (χ1) is 15.1. The van der Waals surface area contributed by atoms with Gasteiger partial charge in [-0.25, -0.2) is 18.7 Å². The number of alkyl halides is 3. The van der Waals surface area contributed by atoms with Gasteiger partial charge in [0.1, 0.15) is 17.4 Å². The van der Waals surface area contributed by atoms with E-state index in [0.717, 1.165) is 18.3 Å². The summed E-state index contributed by atoms with van der Waals surface area (Å²) in [4.78, 5) is 8.50. The molecule has 0 spiro atoms. The first-order valence-electron chi connectivity index (χ1n) is 9.02. The number of pyridine rings is 2. The van der Waals surface area contributed by atoms with E-state index in [0.29, 0.717) is 17.4 Å². The average molecular weight is 445 g/mol. The van der Waals surface area contributed by atoms with Crippen LogP contribution in [0.4, 0.5) is 33.5 Å². The van der Waals surface area contributed by atoms with Gasteiger partial charge in [-0.2, -0.15) is 5.26 Å². The van der Waals surface area contributed by atoms with E-state index in [-0.39, 0.29) is 28.4 Å². The molecular formula is C21H12F5N5O. The Morgan fingerprint density at radius 2 is 1.78 bits per heavy atom. The summed E-state index contributed by atoms with van der Waals surface area (Å²) in [7, 11) is 0. The number of hydrogen-bond donors (Lipinski definition) is 1. The highest BCUT2D eigenvalue weighted by Crippen LogP contribution is 2.29. The number of imidazole rings is 1. The maximum atomic E-state index is 14.1. The molecule has 162 valence electrons. The number of ether oxygens (including phenoxy) is 1. The third-order valence-corrected chi connectivity index (χ3v) is 4.37. The third kappa shape index (κ3) is 4.29. The minimum Gasteiger partial charge on any atom is -0.406 e. The van der Waals surface area contributed by atoms with Crippen molar-refractivity contribution in [2.75, 3.05) is 5.32 Å². The fraction of sp³-hybridized carbons (Fsp3) is 0.0952. The molecule has 0 unspecified atom stereocenters. The fourth-order valence-corrected chi connectivity index (χ4v) is 3.16. The van der Waals surface area contributed by atoms with E-state index in [1.807, 2.05) is 6.07 Å². The monoisotopic (exact) mass is 445 g/mol. The number of hydrogen-bond acceptors (Lipinski definition) is 5. The van der Waals surface area contributed by atoms with Crippen molar-refractivity contribution in [3.05, 3.63) is 71.6 Å². The number of halogens is 5. The van der Waals surface area contributed by atoms with Crippen LogP contribution in [0.1, 0.15) is 11.3 Å². The van der Waals surface area contributed by atoms with Crippen LogP contribution < -0.4 is 10.1 Å². The zero-order valence-electron chi connectivity index (χ0n) is 16.2. The van der Waals surface area contributed by atoms with Crippen molar-refractivity contribution >= 4 is 17.2 Å². The molecule has 4 rings (SSSR count). The van der Waals surface area contributed by atoms with Crippen molar-refractivity contribution in [3.63, 3.8) is 0 Å². The number of aromatic nitrogens is 3. The van der Waals surface area contributed by atoms with Crippen LogP contribution in [0, 0.1) is 29.9 Å². The lowest BCUT2D eigenvalue weighted by atomic mass is 10.1. The zero-order valence-corrected chi connectivity index (χ0v) is 16.2. The topological polar surface area (TPSA) is 75.2 Å². The highest BCUT2D eigenvalue weighted by Gasteiger charge is 2.31. The summed E-state index contributed by atoms with van der Waals surface area (Å²) in [5.74, 6) is -1.87. The van der Waals surface area contributed by atoms with E-state index in [4.69, 9.17) is 0 Å². The summed E-state index contributed by atoms with van der Waals surface area (Å²) in [6.45, 7) is 1.59. The third-order valence-electron chi connectivity index (χ3n) is 4.37. The van der Waals surface area contributed by atoms with Crippen LogP contribution >= 0.6 is 0 Å². The molecule has 4 aromatic rings. The van der Waals surface area contributed by atoms with Gasteiger partial charge in [0.15, 0.2) is 11.5 Å². The number of nitrogens with zero attached hydrogens (tertiary/aromatic N) is 4. The van der Waals surface area contributed by atoms with Crippen LogP contribution in [-0.2, 0) is 0 Å². The molecule has 32 heavy (non-hydrogen) atoms. The van der Waals surface area contributed by atoms with Gasteiger partial charge < -0.3 is 10.1 Å². The van der Waals surface area contributed by atoms with E-state index >= 15 is 0 Å². The smallest absolute Gasteiger partial charge is 0.406 e. The molecule has 11 heteroatoms. The van der Waals surface area contributed by atoms with Crippen LogP contribution in [0.15, 0.2) is 48.7 Å². The van der Waals surface area contributed by atoms with Crippen LogP contribution in [0.25, 0.3) is 17.0 Å². The zero-order chi connectivity index (χ0) is 23.0. The average Bonchev–Trinajstić information content (AvgIpc) is 3.04. The first kappa shape index (κ1) is 21.0. The molecule has 3 heterocycles. The second-order valence-corrected chi connectivity index (χ2v) is 6.68. The van der Waals surface area contributed by atoms with Gasteiger partial charge >= 0.3 is 6.36 Å². The molecule has 0 saturated heterocycles. The summed E-state index contributed by atoms with van der Waals surface area (Å²) in [5, 5.41) is 12.3. The van der Waals surface area contributed by atoms with Gasteiger partial charge in [0.25, 0.3) is 0 Å². The molecule has 3 aromatic heterocycles. The Bertz CT molecular complexity index is 1360. The molecule has 1 aromatic carbocycles. The molecule has 1 N–H and O–H groups in total. The number of rotatable bonds is 4. The predicted octanol–water partition coefficient (Wildman–Crippen LogP) is 5.50. The SMILES string of the molecule is Cc1nc2c(F)cc(F)cn2c1-c1cc(C#N)cc(Nc2ccc(OC(F)(F)F)cc2)n1. The fourth-order valence-electron chi connectivity index (χ4n) is 3.16. The van der Waals surface area contributed by atoms with E-state index in [1.54, 1.807) is 6.92 Å². The number of benzene rings is 1. The van der Waals surface area contributed by atoms with Gasteiger partial charge in [0.2, 0.25) is 0 Å². The summed E-state index contributed by atoms with van der Waals surface area (Å²) in [6, 6.07) is 10.5. The lowest BCUT2D eigenvalue weighted by molar-refractivity contribution is -0.274. The van der Waals surface area contributed by atoms with Crippen molar-refractivity contribution in [3.8, 4) is 23.2 Å². The quantitative estimate of drug-likeness (QED) is 0.420. The van der Waals surface area contributed by atoms with E-state index < -0.39 is 23.7 Å². The summed E-state index contributed by atoms with van der Waals surface area (Å²) < 4.78 is 69.9. The molecule has 0 atom stereocenters. The largest absolute Gasteiger partial charge is 0.573 e. The van der Waals surface area contributed by atoms with Crippen LogP contribution in [0.5, 0.6) is 5.75 Å². The van der Waals surface area contributed by atoms with Gasteiger partial charge in [0, 0.05) is 18.0 Å². The molecule has 0 radical (unpaired) electrons. The van der Waals surface area contributed by atoms with Crippen LogP contribution in [0.3, 0.4) is 0 Å². The van der Waals surface area contributed by atoms with Crippen molar-refractivity contribution in [2.24, 2.45) is 0 Å². The molecule has 0 aliphatic rings. The van der Waals surface area contributed by atoms with Crippen molar-refractivity contribution in [1.29, 1.82) is 5.26 Å². The summed E-state index contributed by atoms with van der Waals surface area (Å²) >= 11 is 0. The van der Waals surface area contributed by atoms with Gasteiger partial charge in [-0.1, -0.05) is 0 Å². The summed E-state index contributed by atoms with van der Waals surface area (Å²) in [5.41, 5.74) is 1.33. The van der Waals surface area contributed by atoms with Crippen molar-refractivity contribution in [2.45, 2.75) is 13.3 Å². The molecule has 6 nitrogen and oxygen atoms in total. The highest BCUT2D eigenvalue weighted by atomic mass is 19.4. The second-order valence-electron chi connectivity index (χ2n) is 6.68. The van der Waals surface area contributed by atoms with E-state index in [2.05, 4.69) is 20.0 Å². The van der Waals surface area contributed by atoms with Crippen LogP contribution in [0.2, 0.25) is 0 Å². The number of anilines is 2. The molecule has 0 saturated carbocycles. The number of aryl methyl sites for hydroxylation is 1. The Hall–Kier alpha value is -4.20. The van der Waals surface area contributed by atoms with E-state index in [9.17, 15) is 27.2 Å². The summed E-state index contributed by atoms with van der Waals surface area (Å²) in [6.07, 6.45) is -3.75. The Labute approximate surface area is 177 Å². The molecule has 0 bridgehead atoms. The van der Waals surface area contributed by atoms with Gasteiger partial charge in [-0.15, -0.1) is 13.2 Å². The minimum absolute atomic E-state index is 0.0992. The second kappa shape index (κ2) is 7.81. The van der Waals surface area contributed by atoms with Crippen LogP contribution in [-0.4, -0.2) is 20.7 Å².